The first-order valence-electron chi connectivity index (χ1n) is 7.05. The standard InChI is InChI=1S/C16H22O3/c1-4-18-16(19-5-2)14-10-11(3)12-8-6-7-9-13(12)15(14)17/h6-9,11,14,16H,4-5,10H2,1-3H3. The fourth-order valence-corrected chi connectivity index (χ4v) is 2.81. The van der Waals surface area contributed by atoms with Crippen LogP contribution < -0.4 is 0 Å². The van der Waals surface area contributed by atoms with Crippen LogP contribution in [0.15, 0.2) is 24.3 Å². The summed E-state index contributed by atoms with van der Waals surface area (Å²) >= 11 is 0. The first-order chi connectivity index (χ1) is 9.19. The van der Waals surface area contributed by atoms with E-state index >= 15 is 0 Å². The molecule has 19 heavy (non-hydrogen) atoms. The lowest BCUT2D eigenvalue weighted by atomic mass is 9.76. The smallest absolute Gasteiger partial charge is 0.171 e. The lowest BCUT2D eigenvalue weighted by molar-refractivity contribution is -0.159. The Labute approximate surface area is 114 Å². The topological polar surface area (TPSA) is 35.5 Å². The summed E-state index contributed by atoms with van der Waals surface area (Å²) in [6, 6.07) is 7.87. The highest BCUT2D eigenvalue weighted by molar-refractivity contribution is 6.00. The van der Waals surface area contributed by atoms with Gasteiger partial charge in [0.15, 0.2) is 12.1 Å². The van der Waals surface area contributed by atoms with E-state index in [-0.39, 0.29) is 11.7 Å². The molecule has 104 valence electrons. The Hall–Kier alpha value is -1.19. The summed E-state index contributed by atoms with van der Waals surface area (Å²) in [6.45, 7) is 7.13. The average Bonchev–Trinajstić information content (AvgIpc) is 2.43. The van der Waals surface area contributed by atoms with Gasteiger partial charge in [-0.1, -0.05) is 31.2 Å². The summed E-state index contributed by atoms with van der Waals surface area (Å²) in [5.41, 5.74) is 1.98. The second-order valence-corrected chi connectivity index (χ2v) is 4.97. The second-order valence-electron chi connectivity index (χ2n) is 4.97. The Morgan fingerprint density at radius 1 is 1.21 bits per heavy atom. The molecular formula is C16H22O3. The van der Waals surface area contributed by atoms with Crippen LogP contribution in [0.1, 0.15) is 49.0 Å². The van der Waals surface area contributed by atoms with Gasteiger partial charge in [0.25, 0.3) is 0 Å². The molecule has 0 bridgehead atoms. The highest BCUT2D eigenvalue weighted by atomic mass is 16.7. The van der Waals surface area contributed by atoms with Crippen LogP contribution in [-0.2, 0) is 9.47 Å². The molecule has 0 saturated carbocycles. The van der Waals surface area contributed by atoms with Crippen molar-refractivity contribution in [3.8, 4) is 0 Å². The Kier molecular flexibility index (Phi) is 4.72. The highest BCUT2D eigenvalue weighted by Gasteiger charge is 2.37. The molecule has 0 spiro atoms. The van der Waals surface area contributed by atoms with Gasteiger partial charge in [-0.25, -0.2) is 0 Å². The van der Waals surface area contributed by atoms with Crippen molar-refractivity contribution in [3.63, 3.8) is 0 Å². The summed E-state index contributed by atoms with van der Waals surface area (Å²) in [5.74, 6) is 0.327. The predicted molar refractivity (Wildman–Crippen MR) is 74.3 cm³/mol. The molecule has 3 nitrogen and oxygen atoms in total. The van der Waals surface area contributed by atoms with Gasteiger partial charge >= 0.3 is 0 Å². The Balaban J connectivity index is 2.27. The third-order valence-corrected chi connectivity index (χ3v) is 3.69. The molecule has 0 aliphatic heterocycles. The number of hydrogen-bond acceptors (Lipinski definition) is 3. The SMILES string of the molecule is CCOC(OCC)C1CC(C)c2ccccc2C1=O. The van der Waals surface area contributed by atoms with E-state index in [0.717, 1.165) is 17.5 Å². The molecule has 0 heterocycles. The van der Waals surface area contributed by atoms with E-state index in [1.807, 2.05) is 38.1 Å². The molecule has 2 atom stereocenters. The van der Waals surface area contributed by atoms with Gasteiger partial charge in [-0.15, -0.1) is 0 Å². The summed E-state index contributed by atoms with van der Waals surface area (Å²) in [7, 11) is 0. The van der Waals surface area contributed by atoms with Crippen LogP contribution >= 0.6 is 0 Å². The zero-order chi connectivity index (χ0) is 13.8. The zero-order valence-corrected chi connectivity index (χ0v) is 11.9. The maximum Gasteiger partial charge on any atom is 0.171 e. The van der Waals surface area contributed by atoms with Crippen LogP contribution in [0.5, 0.6) is 0 Å². The van der Waals surface area contributed by atoms with Crippen LogP contribution in [0.3, 0.4) is 0 Å². The third-order valence-electron chi connectivity index (χ3n) is 3.69. The van der Waals surface area contributed by atoms with Gasteiger partial charge in [-0.2, -0.15) is 0 Å². The fourth-order valence-electron chi connectivity index (χ4n) is 2.81. The molecule has 1 aliphatic rings. The fraction of sp³-hybridized carbons (Fsp3) is 0.562. The van der Waals surface area contributed by atoms with Gasteiger partial charge in [-0.05, 0) is 31.7 Å². The van der Waals surface area contributed by atoms with Crippen LogP contribution in [-0.4, -0.2) is 25.3 Å². The summed E-state index contributed by atoms with van der Waals surface area (Å²) in [4.78, 5) is 12.6. The second kappa shape index (κ2) is 6.31. The molecule has 0 fully saturated rings. The monoisotopic (exact) mass is 262 g/mol. The van der Waals surface area contributed by atoms with E-state index in [2.05, 4.69) is 6.92 Å². The van der Waals surface area contributed by atoms with Crippen molar-refractivity contribution in [2.45, 2.75) is 39.4 Å². The van der Waals surface area contributed by atoms with E-state index in [9.17, 15) is 4.79 Å². The molecule has 0 saturated heterocycles. The molecule has 0 N–H and O–H groups in total. The Morgan fingerprint density at radius 2 is 1.84 bits per heavy atom. The first-order valence-corrected chi connectivity index (χ1v) is 7.05. The maximum absolute atomic E-state index is 12.6. The number of carbonyl (C=O) groups is 1. The lowest BCUT2D eigenvalue weighted by Crippen LogP contribution is -2.37. The van der Waals surface area contributed by atoms with Gasteiger partial charge in [0.1, 0.15) is 0 Å². The molecule has 0 amide bonds. The number of ether oxygens (including phenoxy) is 2. The van der Waals surface area contributed by atoms with Gasteiger partial charge in [0.05, 0.1) is 5.92 Å². The quantitative estimate of drug-likeness (QED) is 0.763. The number of benzene rings is 1. The highest BCUT2D eigenvalue weighted by Crippen LogP contribution is 2.36. The van der Waals surface area contributed by atoms with Gasteiger partial charge in [0.2, 0.25) is 0 Å². The van der Waals surface area contributed by atoms with E-state index in [1.165, 1.54) is 0 Å². The molecule has 2 rings (SSSR count). The van der Waals surface area contributed by atoms with Crippen molar-refractivity contribution in [2.75, 3.05) is 13.2 Å². The van der Waals surface area contributed by atoms with E-state index in [0.29, 0.717) is 19.1 Å². The molecule has 3 heteroatoms. The van der Waals surface area contributed by atoms with Crippen LogP contribution in [0.2, 0.25) is 0 Å². The number of fused-ring (bicyclic) bond motifs is 1. The molecule has 1 aromatic carbocycles. The molecule has 2 unspecified atom stereocenters. The van der Waals surface area contributed by atoms with Crippen molar-refractivity contribution < 1.29 is 14.3 Å². The lowest BCUT2D eigenvalue weighted by Gasteiger charge is -2.33. The largest absolute Gasteiger partial charge is 0.352 e. The molecule has 1 aromatic rings. The molecular weight excluding hydrogens is 240 g/mol. The molecule has 0 radical (unpaired) electrons. The zero-order valence-electron chi connectivity index (χ0n) is 11.9. The van der Waals surface area contributed by atoms with Crippen molar-refractivity contribution in [2.24, 2.45) is 5.92 Å². The van der Waals surface area contributed by atoms with Crippen LogP contribution in [0.4, 0.5) is 0 Å². The number of rotatable bonds is 5. The van der Waals surface area contributed by atoms with E-state index in [1.54, 1.807) is 0 Å². The summed E-state index contributed by atoms with van der Waals surface area (Å²) < 4.78 is 11.2. The van der Waals surface area contributed by atoms with Gasteiger partial charge < -0.3 is 9.47 Å². The maximum atomic E-state index is 12.6. The van der Waals surface area contributed by atoms with Crippen molar-refractivity contribution in [1.82, 2.24) is 0 Å². The van der Waals surface area contributed by atoms with Gasteiger partial charge in [0, 0.05) is 18.8 Å². The number of Topliss-reactive ketones (excluding diaryl/α,β-unsaturated/α-hetero) is 1. The van der Waals surface area contributed by atoms with Gasteiger partial charge in [-0.3, -0.25) is 4.79 Å². The van der Waals surface area contributed by atoms with Crippen LogP contribution in [0.25, 0.3) is 0 Å². The molecule has 1 aliphatic carbocycles. The van der Waals surface area contributed by atoms with E-state index < -0.39 is 6.29 Å². The van der Waals surface area contributed by atoms with E-state index in [4.69, 9.17) is 9.47 Å². The van der Waals surface area contributed by atoms with Crippen molar-refractivity contribution in [3.05, 3.63) is 35.4 Å². The third kappa shape index (κ3) is 2.88. The minimum Gasteiger partial charge on any atom is -0.352 e. The first kappa shape index (κ1) is 14.2. The number of ketones is 1. The predicted octanol–water partition coefficient (Wildman–Crippen LogP) is 3.39. The minimum absolute atomic E-state index is 0.153. The number of hydrogen-bond donors (Lipinski definition) is 0. The number of carbonyl (C=O) groups excluding carboxylic acids is 1. The minimum atomic E-state index is -0.418. The van der Waals surface area contributed by atoms with Crippen molar-refractivity contribution in [1.29, 1.82) is 0 Å². The Bertz CT molecular complexity index is 435. The molecule has 0 aromatic heterocycles. The van der Waals surface area contributed by atoms with Crippen molar-refractivity contribution >= 4 is 5.78 Å². The average molecular weight is 262 g/mol. The normalized spacial score (nSPS) is 22.6. The van der Waals surface area contributed by atoms with Crippen LogP contribution in [0, 0.1) is 5.92 Å². The summed E-state index contributed by atoms with van der Waals surface area (Å²) in [6.07, 6.45) is 0.374. The Morgan fingerprint density at radius 3 is 2.47 bits per heavy atom. The summed E-state index contributed by atoms with van der Waals surface area (Å²) in [5, 5.41) is 0.